The minimum absolute atomic E-state index is 0.395. The molecule has 1 heterocycles. The molecule has 4 amide bonds. The van der Waals surface area contributed by atoms with Gasteiger partial charge in [0.1, 0.15) is 12.1 Å². The Labute approximate surface area is 172 Å². The quantitative estimate of drug-likeness (QED) is 0.659. The maximum absolute atomic E-state index is 13.1. The van der Waals surface area contributed by atoms with E-state index in [0.717, 1.165) is 15.7 Å². The van der Waals surface area contributed by atoms with Gasteiger partial charge in [-0.15, -0.1) is 0 Å². The molecule has 1 saturated heterocycles. The molecular weight excluding hydrogens is 380 g/mol. The number of urea groups is 1. The summed E-state index contributed by atoms with van der Waals surface area (Å²) in [5.74, 6) is -1.03. The molecule has 1 aliphatic heterocycles. The van der Waals surface area contributed by atoms with Crippen LogP contribution >= 0.6 is 0 Å². The largest absolute Gasteiger partial charge is 0.325 e. The zero-order valence-electron chi connectivity index (χ0n) is 16.2. The lowest BCUT2D eigenvalue weighted by Crippen LogP contribution is -2.42. The molecule has 0 unspecified atom stereocenters. The lowest BCUT2D eigenvalue weighted by Gasteiger charge is -2.22. The van der Waals surface area contributed by atoms with Crippen LogP contribution in [-0.2, 0) is 15.1 Å². The highest BCUT2D eigenvalue weighted by molar-refractivity contribution is 6.10. The lowest BCUT2D eigenvalue weighted by molar-refractivity contribution is -0.133. The Hall–Kier alpha value is -4.18. The van der Waals surface area contributed by atoms with Gasteiger partial charge in [-0.1, -0.05) is 42.5 Å². The fraction of sp³-hybridized carbons (Fsp3) is 0.130. The summed E-state index contributed by atoms with van der Waals surface area (Å²) >= 11 is 0. The molecule has 148 valence electrons. The Morgan fingerprint density at radius 3 is 2.60 bits per heavy atom. The molecular formula is C23H18N4O3. The molecule has 0 spiro atoms. The summed E-state index contributed by atoms with van der Waals surface area (Å²) in [5.41, 5.74) is 0.196. The van der Waals surface area contributed by atoms with Crippen molar-refractivity contribution < 1.29 is 14.4 Å². The van der Waals surface area contributed by atoms with E-state index in [2.05, 4.69) is 10.6 Å². The van der Waals surface area contributed by atoms with Crippen LogP contribution in [0, 0.1) is 11.3 Å². The molecule has 0 saturated carbocycles. The Bertz CT molecular complexity index is 1230. The topological polar surface area (TPSA) is 102 Å². The number of carbonyl (C=O) groups is 3. The molecule has 1 atom stereocenters. The highest BCUT2D eigenvalue weighted by Gasteiger charge is 2.49. The first-order chi connectivity index (χ1) is 14.4. The summed E-state index contributed by atoms with van der Waals surface area (Å²) in [6.45, 7) is 1.20. The van der Waals surface area contributed by atoms with Gasteiger partial charge in [-0.25, -0.2) is 4.79 Å². The second-order valence-corrected chi connectivity index (χ2v) is 7.25. The smallest absolute Gasteiger partial charge is 0.324 e. The third-order valence-electron chi connectivity index (χ3n) is 5.18. The van der Waals surface area contributed by atoms with E-state index in [-0.39, 0.29) is 0 Å². The SMILES string of the molecule is C[C@@]1(c2ccc3ccccc3c2)NC(=O)N(CC(=O)Nc2cccc(C#N)c2)C1=O. The van der Waals surface area contributed by atoms with E-state index in [1.165, 1.54) is 6.07 Å². The van der Waals surface area contributed by atoms with Crippen LogP contribution in [0.2, 0.25) is 0 Å². The van der Waals surface area contributed by atoms with Gasteiger partial charge in [-0.2, -0.15) is 5.26 Å². The third-order valence-corrected chi connectivity index (χ3v) is 5.18. The number of amides is 4. The number of fused-ring (bicyclic) bond motifs is 1. The van der Waals surface area contributed by atoms with Crippen LogP contribution in [0.4, 0.5) is 10.5 Å². The molecule has 0 radical (unpaired) electrons. The Morgan fingerprint density at radius 1 is 1.07 bits per heavy atom. The van der Waals surface area contributed by atoms with Gasteiger partial charge in [0.2, 0.25) is 5.91 Å². The Balaban J connectivity index is 1.54. The Kier molecular flexibility index (Phi) is 4.68. The number of hydrogen-bond donors (Lipinski definition) is 2. The van der Waals surface area contributed by atoms with Gasteiger partial charge in [-0.3, -0.25) is 14.5 Å². The highest BCUT2D eigenvalue weighted by Crippen LogP contribution is 2.31. The van der Waals surface area contributed by atoms with Gasteiger partial charge in [0.15, 0.2) is 0 Å². The van der Waals surface area contributed by atoms with E-state index in [1.807, 2.05) is 42.5 Å². The summed E-state index contributed by atoms with van der Waals surface area (Å²) in [7, 11) is 0. The van der Waals surface area contributed by atoms with E-state index in [4.69, 9.17) is 5.26 Å². The molecule has 1 aliphatic rings. The van der Waals surface area contributed by atoms with Crippen molar-refractivity contribution in [3.05, 3.63) is 77.9 Å². The zero-order valence-corrected chi connectivity index (χ0v) is 16.2. The van der Waals surface area contributed by atoms with E-state index < -0.39 is 29.9 Å². The molecule has 3 aromatic carbocycles. The first-order valence-electron chi connectivity index (χ1n) is 9.34. The fourth-order valence-corrected chi connectivity index (χ4v) is 3.55. The van der Waals surface area contributed by atoms with Crippen LogP contribution in [0.3, 0.4) is 0 Å². The Morgan fingerprint density at radius 2 is 1.83 bits per heavy atom. The van der Waals surface area contributed by atoms with Crippen LogP contribution in [0.1, 0.15) is 18.1 Å². The minimum Gasteiger partial charge on any atom is -0.324 e. The monoisotopic (exact) mass is 398 g/mol. The molecule has 1 fully saturated rings. The van der Waals surface area contributed by atoms with Crippen LogP contribution in [0.15, 0.2) is 66.7 Å². The van der Waals surface area contributed by atoms with Crippen LogP contribution in [0.5, 0.6) is 0 Å². The van der Waals surface area contributed by atoms with Gasteiger partial charge in [0.25, 0.3) is 5.91 Å². The van der Waals surface area contributed by atoms with Crippen molar-refractivity contribution in [1.82, 2.24) is 10.2 Å². The van der Waals surface area contributed by atoms with Gasteiger partial charge in [0.05, 0.1) is 11.6 Å². The van der Waals surface area contributed by atoms with Crippen molar-refractivity contribution in [2.75, 3.05) is 11.9 Å². The summed E-state index contributed by atoms with van der Waals surface area (Å²) in [6, 6.07) is 21.1. The summed E-state index contributed by atoms with van der Waals surface area (Å²) in [4.78, 5) is 38.9. The lowest BCUT2D eigenvalue weighted by atomic mass is 9.90. The number of nitrogens with zero attached hydrogens (tertiary/aromatic N) is 2. The number of hydrogen-bond acceptors (Lipinski definition) is 4. The van der Waals surface area contributed by atoms with Crippen molar-refractivity contribution in [2.24, 2.45) is 0 Å². The summed E-state index contributed by atoms with van der Waals surface area (Å²) in [6.07, 6.45) is 0. The number of nitrogens with one attached hydrogen (secondary N) is 2. The highest BCUT2D eigenvalue weighted by atomic mass is 16.2. The number of imide groups is 1. The second-order valence-electron chi connectivity index (χ2n) is 7.25. The van der Waals surface area contributed by atoms with Crippen LogP contribution < -0.4 is 10.6 Å². The summed E-state index contributed by atoms with van der Waals surface area (Å²) < 4.78 is 0. The zero-order chi connectivity index (χ0) is 21.3. The van der Waals surface area contributed by atoms with E-state index in [9.17, 15) is 14.4 Å². The molecule has 7 heteroatoms. The number of carbonyl (C=O) groups excluding carboxylic acids is 3. The van der Waals surface area contributed by atoms with Gasteiger partial charge >= 0.3 is 6.03 Å². The molecule has 30 heavy (non-hydrogen) atoms. The van der Waals surface area contributed by atoms with Gasteiger partial charge < -0.3 is 10.6 Å². The van der Waals surface area contributed by atoms with Crippen molar-refractivity contribution in [1.29, 1.82) is 5.26 Å². The number of nitriles is 1. The van der Waals surface area contributed by atoms with Gasteiger partial charge in [0, 0.05) is 5.69 Å². The van der Waals surface area contributed by atoms with E-state index >= 15 is 0 Å². The normalized spacial score (nSPS) is 18.2. The van der Waals surface area contributed by atoms with Crippen LogP contribution in [-0.4, -0.2) is 29.3 Å². The average Bonchev–Trinajstić information content (AvgIpc) is 2.97. The number of anilines is 1. The van der Waals surface area contributed by atoms with Gasteiger partial charge in [-0.05, 0) is 47.5 Å². The predicted octanol–water partition coefficient (Wildman–Crippen LogP) is 3.12. The first kappa shape index (κ1) is 19.2. The number of rotatable bonds is 4. The van der Waals surface area contributed by atoms with E-state index in [0.29, 0.717) is 16.8 Å². The second kappa shape index (κ2) is 7.33. The van der Waals surface area contributed by atoms with Crippen molar-refractivity contribution >= 4 is 34.3 Å². The summed E-state index contributed by atoms with van der Waals surface area (Å²) in [5, 5.41) is 16.3. The van der Waals surface area contributed by atoms with Crippen LogP contribution in [0.25, 0.3) is 10.8 Å². The fourth-order valence-electron chi connectivity index (χ4n) is 3.55. The maximum Gasteiger partial charge on any atom is 0.325 e. The van der Waals surface area contributed by atoms with E-state index in [1.54, 1.807) is 31.2 Å². The van der Waals surface area contributed by atoms with Crippen molar-refractivity contribution in [2.45, 2.75) is 12.5 Å². The number of benzene rings is 3. The predicted molar refractivity (Wildman–Crippen MR) is 111 cm³/mol. The minimum atomic E-state index is -1.26. The maximum atomic E-state index is 13.1. The first-order valence-corrected chi connectivity index (χ1v) is 9.34. The molecule has 0 aromatic heterocycles. The average molecular weight is 398 g/mol. The molecule has 7 nitrogen and oxygen atoms in total. The molecule has 4 rings (SSSR count). The molecule has 3 aromatic rings. The molecule has 0 aliphatic carbocycles. The van der Waals surface area contributed by atoms with Crippen molar-refractivity contribution in [3.8, 4) is 6.07 Å². The molecule has 2 N–H and O–H groups in total. The van der Waals surface area contributed by atoms with Crippen molar-refractivity contribution in [3.63, 3.8) is 0 Å². The third kappa shape index (κ3) is 3.35. The molecule has 0 bridgehead atoms. The standard InChI is InChI=1S/C23H18N4O3/c1-23(18-10-9-16-6-2-3-7-17(16)12-18)21(29)27(22(30)26-23)14-20(28)25-19-8-4-5-15(11-19)13-24/h2-12H,14H2,1H3,(H,25,28)(H,26,30)/t23-/m0/s1.